The number of hydrogen-bond acceptors (Lipinski definition) is 6. The monoisotopic (exact) mass is 639 g/mol. The Kier molecular flexibility index (Phi) is 8.97. The number of amides is 5. The van der Waals surface area contributed by atoms with E-state index < -0.39 is 17.8 Å². The number of imide groups is 2. The minimum absolute atomic E-state index is 0.224. The lowest BCUT2D eigenvalue weighted by molar-refractivity contribution is -0.121. The molecule has 0 aromatic heterocycles. The number of carbonyl (C=O) groups excluding carboxylic acids is 4. The van der Waals surface area contributed by atoms with Crippen LogP contribution in [0.3, 0.4) is 0 Å². The zero-order valence-electron chi connectivity index (χ0n) is 23.0. The topological polar surface area (TPSA) is 105 Å². The number of hydrogen-bond donors (Lipinski definition) is 1. The van der Waals surface area contributed by atoms with Gasteiger partial charge in [-0.3, -0.25) is 14.4 Å². The van der Waals surface area contributed by atoms with E-state index in [-0.39, 0.29) is 30.4 Å². The van der Waals surface area contributed by atoms with Crippen molar-refractivity contribution in [2.45, 2.75) is 6.92 Å². The molecule has 1 fully saturated rings. The average molecular weight is 640 g/mol. The van der Waals surface area contributed by atoms with Crippen LogP contribution in [0.4, 0.5) is 21.9 Å². The summed E-state index contributed by atoms with van der Waals surface area (Å²) in [5, 5.41) is 2.76. The van der Waals surface area contributed by atoms with E-state index >= 15 is 0 Å². The molecule has 1 aliphatic heterocycles. The Morgan fingerprint density at radius 3 is 1.86 bits per heavy atom. The largest absolute Gasteiger partial charge is 0.490 e. The van der Waals surface area contributed by atoms with Crippen molar-refractivity contribution in [2.24, 2.45) is 0 Å². The standard InChI is InChI=1S/C33H26BrN3O6/c1-2-42-28-20-22(19-27(34)30(28)43-21-29(38)35-23-12-6-3-7-13-23)18-26-31(39)36(24-14-8-4-9-15-24)33(41)37(32(26)40)25-16-10-5-11-17-25/h3-20H,2,21H2,1H3,(H,35,38). The molecule has 1 saturated heterocycles. The lowest BCUT2D eigenvalue weighted by Gasteiger charge is -2.34. The molecular formula is C33H26BrN3O6. The first-order valence-corrected chi connectivity index (χ1v) is 14.2. The van der Waals surface area contributed by atoms with Crippen molar-refractivity contribution in [3.05, 3.63) is 119 Å². The number of halogens is 1. The zero-order chi connectivity index (χ0) is 30.3. The molecule has 5 amide bonds. The van der Waals surface area contributed by atoms with E-state index in [2.05, 4.69) is 21.2 Å². The number of carbonyl (C=O) groups is 4. The van der Waals surface area contributed by atoms with Gasteiger partial charge in [-0.15, -0.1) is 0 Å². The van der Waals surface area contributed by atoms with Gasteiger partial charge in [-0.2, -0.15) is 0 Å². The van der Waals surface area contributed by atoms with Crippen LogP contribution in [0.25, 0.3) is 6.08 Å². The minimum Gasteiger partial charge on any atom is -0.490 e. The Hall–Kier alpha value is -5.22. The number of anilines is 3. The smallest absolute Gasteiger partial charge is 0.343 e. The molecule has 9 nitrogen and oxygen atoms in total. The Morgan fingerprint density at radius 1 is 0.791 bits per heavy atom. The van der Waals surface area contributed by atoms with Gasteiger partial charge >= 0.3 is 6.03 Å². The van der Waals surface area contributed by atoms with Crippen LogP contribution in [0.15, 0.2) is 113 Å². The summed E-state index contributed by atoms with van der Waals surface area (Å²) >= 11 is 3.48. The number of benzene rings is 4. The maximum absolute atomic E-state index is 13.7. The van der Waals surface area contributed by atoms with Crippen molar-refractivity contribution in [3.8, 4) is 11.5 Å². The SMILES string of the molecule is CCOc1cc(C=C2C(=O)N(c3ccccc3)C(=O)N(c3ccccc3)C2=O)cc(Br)c1OCC(=O)Nc1ccccc1. The molecule has 43 heavy (non-hydrogen) atoms. The van der Waals surface area contributed by atoms with Gasteiger partial charge in [-0.05, 0) is 83.0 Å². The molecule has 0 aliphatic carbocycles. The highest BCUT2D eigenvalue weighted by Gasteiger charge is 2.43. The van der Waals surface area contributed by atoms with Crippen molar-refractivity contribution in [3.63, 3.8) is 0 Å². The maximum atomic E-state index is 13.7. The lowest BCUT2D eigenvalue weighted by Crippen LogP contribution is -2.57. The third-order valence-corrected chi connectivity index (χ3v) is 6.92. The molecule has 10 heteroatoms. The highest BCUT2D eigenvalue weighted by Crippen LogP contribution is 2.38. The fourth-order valence-electron chi connectivity index (χ4n) is 4.44. The molecule has 4 aromatic carbocycles. The van der Waals surface area contributed by atoms with Crippen molar-refractivity contribution in [1.82, 2.24) is 0 Å². The molecule has 1 heterocycles. The van der Waals surface area contributed by atoms with Crippen molar-refractivity contribution in [1.29, 1.82) is 0 Å². The van der Waals surface area contributed by atoms with Crippen LogP contribution >= 0.6 is 15.9 Å². The fraction of sp³-hybridized carbons (Fsp3) is 0.0909. The third kappa shape index (κ3) is 6.49. The highest BCUT2D eigenvalue weighted by atomic mass is 79.9. The first-order chi connectivity index (χ1) is 20.9. The number of nitrogens with zero attached hydrogens (tertiary/aromatic N) is 2. The van der Waals surface area contributed by atoms with Gasteiger partial charge in [0, 0.05) is 5.69 Å². The van der Waals surface area contributed by atoms with Crippen molar-refractivity contribution < 1.29 is 28.7 Å². The number of para-hydroxylation sites is 3. The van der Waals surface area contributed by atoms with Gasteiger partial charge in [0.2, 0.25) is 0 Å². The summed E-state index contributed by atoms with van der Waals surface area (Å²) in [6.45, 7) is 1.79. The van der Waals surface area contributed by atoms with Gasteiger partial charge in [-0.1, -0.05) is 54.6 Å². The van der Waals surface area contributed by atoms with Crippen molar-refractivity contribution in [2.75, 3.05) is 28.3 Å². The number of nitrogens with one attached hydrogen (secondary N) is 1. The molecule has 0 atom stereocenters. The van der Waals surface area contributed by atoms with Crippen LogP contribution in [-0.2, 0) is 14.4 Å². The fourth-order valence-corrected chi connectivity index (χ4v) is 5.01. The Labute approximate surface area is 256 Å². The Morgan fingerprint density at radius 2 is 1.33 bits per heavy atom. The molecule has 0 radical (unpaired) electrons. The first-order valence-electron chi connectivity index (χ1n) is 13.4. The van der Waals surface area contributed by atoms with Crippen LogP contribution in [0.1, 0.15) is 12.5 Å². The molecule has 1 aliphatic rings. The van der Waals surface area contributed by atoms with Crippen LogP contribution in [0.5, 0.6) is 11.5 Å². The second-order valence-corrected chi connectivity index (χ2v) is 10.1. The molecule has 5 rings (SSSR count). The van der Waals surface area contributed by atoms with Crippen LogP contribution in [0, 0.1) is 0 Å². The predicted octanol–water partition coefficient (Wildman–Crippen LogP) is 6.45. The average Bonchev–Trinajstić information content (AvgIpc) is 3.01. The van der Waals surface area contributed by atoms with Gasteiger partial charge in [0.25, 0.3) is 17.7 Å². The molecule has 0 saturated carbocycles. The summed E-state index contributed by atoms with van der Waals surface area (Å²) in [6, 6.07) is 28.3. The number of urea groups is 1. The van der Waals surface area contributed by atoms with E-state index in [9.17, 15) is 19.2 Å². The van der Waals surface area contributed by atoms with Crippen LogP contribution in [0.2, 0.25) is 0 Å². The zero-order valence-corrected chi connectivity index (χ0v) is 24.6. The van der Waals surface area contributed by atoms with Gasteiger partial charge in [0.1, 0.15) is 5.57 Å². The van der Waals surface area contributed by atoms with Gasteiger partial charge in [0.15, 0.2) is 18.1 Å². The Balaban J connectivity index is 1.49. The van der Waals surface area contributed by atoms with E-state index in [1.54, 1.807) is 91.9 Å². The molecule has 0 unspecified atom stereocenters. The van der Waals surface area contributed by atoms with E-state index in [4.69, 9.17) is 9.47 Å². The van der Waals surface area contributed by atoms with Crippen LogP contribution < -0.4 is 24.6 Å². The Bertz CT molecular complexity index is 1630. The van der Waals surface area contributed by atoms with E-state index in [0.29, 0.717) is 32.8 Å². The lowest BCUT2D eigenvalue weighted by atomic mass is 10.0. The molecule has 0 bridgehead atoms. The number of ether oxygens (including phenoxy) is 2. The van der Waals surface area contributed by atoms with Gasteiger partial charge in [0.05, 0.1) is 22.5 Å². The summed E-state index contributed by atoms with van der Waals surface area (Å²) in [6.07, 6.45) is 1.40. The summed E-state index contributed by atoms with van der Waals surface area (Å²) in [5.41, 5.74) is 1.49. The normalized spacial score (nSPS) is 13.2. The minimum atomic E-state index is -0.779. The summed E-state index contributed by atoms with van der Waals surface area (Å²) in [7, 11) is 0. The van der Waals surface area contributed by atoms with Crippen molar-refractivity contribution >= 4 is 62.8 Å². The van der Waals surface area contributed by atoms with E-state index in [1.807, 2.05) is 18.2 Å². The molecule has 0 spiro atoms. The highest BCUT2D eigenvalue weighted by molar-refractivity contribution is 9.10. The maximum Gasteiger partial charge on any atom is 0.343 e. The molecule has 216 valence electrons. The first kappa shape index (κ1) is 29.3. The van der Waals surface area contributed by atoms with Crippen LogP contribution in [-0.4, -0.2) is 37.0 Å². The number of barbiturate groups is 1. The summed E-state index contributed by atoms with van der Waals surface area (Å²) in [4.78, 5) is 55.3. The molecular weight excluding hydrogens is 614 g/mol. The van der Waals surface area contributed by atoms with E-state index in [1.165, 1.54) is 6.08 Å². The predicted molar refractivity (Wildman–Crippen MR) is 167 cm³/mol. The van der Waals surface area contributed by atoms with Gasteiger partial charge < -0.3 is 14.8 Å². The summed E-state index contributed by atoms with van der Waals surface area (Å²) < 4.78 is 12.0. The second-order valence-electron chi connectivity index (χ2n) is 9.26. The van der Waals surface area contributed by atoms with Gasteiger partial charge in [-0.25, -0.2) is 14.6 Å². The number of rotatable bonds is 9. The summed E-state index contributed by atoms with van der Waals surface area (Å²) in [5.74, 6) is -1.32. The quantitative estimate of drug-likeness (QED) is 0.167. The van der Waals surface area contributed by atoms with E-state index in [0.717, 1.165) is 9.80 Å². The molecule has 1 N–H and O–H groups in total. The molecule has 4 aromatic rings. The third-order valence-electron chi connectivity index (χ3n) is 6.33. The second kappa shape index (κ2) is 13.2.